The highest BCUT2D eigenvalue weighted by Crippen LogP contribution is 2.17. The van der Waals surface area contributed by atoms with Crippen LogP contribution in [0.1, 0.15) is 17.5 Å². The monoisotopic (exact) mass is 340 g/mol. The molecule has 0 bridgehead atoms. The van der Waals surface area contributed by atoms with E-state index in [1.165, 1.54) is 5.56 Å². The molecule has 0 amide bonds. The van der Waals surface area contributed by atoms with Crippen LogP contribution < -0.4 is 0 Å². The Morgan fingerprint density at radius 2 is 2.04 bits per heavy atom. The van der Waals surface area contributed by atoms with Crippen LogP contribution in [-0.4, -0.2) is 53.7 Å². The molecule has 0 spiro atoms. The van der Waals surface area contributed by atoms with Gasteiger partial charge in [0, 0.05) is 44.4 Å². The zero-order valence-corrected chi connectivity index (χ0v) is 14.7. The van der Waals surface area contributed by atoms with Crippen LogP contribution >= 0.6 is 11.3 Å². The van der Waals surface area contributed by atoms with E-state index < -0.39 is 0 Å². The number of rotatable bonds is 5. The molecule has 126 valence electrons. The summed E-state index contributed by atoms with van der Waals surface area (Å²) in [5.74, 6) is 6.52. The summed E-state index contributed by atoms with van der Waals surface area (Å²) in [4.78, 5) is 4.90. The van der Waals surface area contributed by atoms with Crippen molar-refractivity contribution in [2.24, 2.45) is 0 Å². The molecule has 1 aromatic carbocycles. The lowest BCUT2D eigenvalue weighted by Crippen LogP contribution is -2.52. The summed E-state index contributed by atoms with van der Waals surface area (Å²) in [6.45, 7) is 5.08. The first kappa shape index (κ1) is 17.2. The Kier molecular flexibility index (Phi) is 6.45. The van der Waals surface area contributed by atoms with Crippen LogP contribution in [0.2, 0.25) is 0 Å². The molecule has 1 saturated heterocycles. The van der Waals surface area contributed by atoms with Crippen molar-refractivity contribution in [2.45, 2.75) is 19.0 Å². The lowest BCUT2D eigenvalue weighted by Gasteiger charge is -2.40. The van der Waals surface area contributed by atoms with Gasteiger partial charge >= 0.3 is 0 Å². The molecule has 0 unspecified atom stereocenters. The van der Waals surface area contributed by atoms with E-state index in [2.05, 4.69) is 38.5 Å². The standard InChI is InChI=1S/C20H24N2OS/c23-13-8-20-16-21(10-4-7-18-5-2-1-3-6-18)11-12-22(20)15-19-9-14-24-17-19/h1-3,5-6,9,14,17,20,23H,8,10-13,15-16H2/t20-/m0/s1. The molecule has 0 radical (unpaired) electrons. The molecule has 4 heteroatoms. The minimum Gasteiger partial charge on any atom is -0.396 e. The maximum Gasteiger partial charge on any atom is 0.0606 e. The van der Waals surface area contributed by atoms with Gasteiger partial charge in [-0.2, -0.15) is 11.3 Å². The summed E-state index contributed by atoms with van der Waals surface area (Å²) < 4.78 is 0. The number of nitrogens with zero attached hydrogens (tertiary/aromatic N) is 2. The van der Waals surface area contributed by atoms with Gasteiger partial charge in [0.2, 0.25) is 0 Å². The van der Waals surface area contributed by atoms with E-state index in [-0.39, 0.29) is 6.61 Å². The first-order chi connectivity index (χ1) is 11.8. The normalized spacial score (nSPS) is 19.0. The Labute approximate surface area is 148 Å². The third-order valence-corrected chi connectivity index (χ3v) is 5.16. The maximum absolute atomic E-state index is 9.40. The number of hydrogen-bond acceptors (Lipinski definition) is 4. The zero-order chi connectivity index (χ0) is 16.6. The van der Waals surface area contributed by atoms with E-state index in [0.717, 1.165) is 44.7 Å². The lowest BCUT2D eigenvalue weighted by molar-refractivity contribution is 0.0606. The van der Waals surface area contributed by atoms with Crippen LogP contribution in [0.25, 0.3) is 0 Å². The summed E-state index contributed by atoms with van der Waals surface area (Å²) in [7, 11) is 0. The van der Waals surface area contributed by atoms with E-state index in [9.17, 15) is 5.11 Å². The molecule has 3 rings (SSSR count). The van der Waals surface area contributed by atoms with E-state index in [4.69, 9.17) is 0 Å². The Hall–Kier alpha value is -1.64. The summed E-state index contributed by atoms with van der Waals surface area (Å²) in [5.41, 5.74) is 2.45. The highest BCUT2D eigenvalue weighted by molar-refractivity contribution is 7.07. The van der Waals surface area contributed by atoms with Crippen molar-refractivity contribution >= 4 is 11.3 Å². The Bertz CT molecular complexity index is 660. The zero-order valence-electron chi connectivity index (χ0n) is 13.9. The van der Waals surface area contributed by atoms with Gasteiger partial charge in [0.25, 0.3) is 0 Å². The van der Waals surface area contributed by atoms with Gasteiger partial charge in [-0.15, -0.1) is 0 Å². The molecule has 3 nitrogen and oxygen atoms in total. The molecule has 0 aliphatic carbocycles. The molecule has 2 aromatic rings. The number of thiophene rings is 1. The van der Waals surface area contributed by atoms with Crippen LogP contribution in [0, 0.1) is 11.8 Å². The second kappa shape index (κ2) is 9.00. The number of piperazine rings is 1. The number of benzene rings is 1. The van der Waals surface area contributed by atoms with E-state index in [1.807, 2.05) is 30.3 Å². The van der Waals surface area contributed by atoms with Crippen LogP contribution in [0.4, 0.5) is 0 Å². The maximum atomic E-state index is 9.40. The fourth-order valence-corrected chi connectivity index (χ4v) is 3.78. The molecule has 1 fully saturated rings. The fourth-order valence-electron chi connectivity index (χ4n) is 3.12. The summed E-state index contributed by atoms with van der Waals surface area (Å²) in [5, 5.41) is 13.7. The number of aliphatic hydroxyl groups is 1. The average molecular weight is 340 g/mol. The molecule has 1 atom stereocenters. The quantitative estimate of drug-likeness (QED) is 0.848. The average Bonchev–Trinajstić information content (AvgIpc) is 3.11. The molecular formula is C20H24N2OS. The van der Waals surface area contributed by atoms with E-state index in [1.54, 1.807) is 11.3 Å². The highest BCUT2D eigenvalue weighted by atomic mass is 32.1. The van der Waals surface area contributed by atoms with E-state index >= 15 is 0 Å². The van der Waals surface area contributed by atoms with Gasteiger partial charge in [-0.1, -0.05) is 30.0 Å². The van der Waals surface area contributed by atoms with Gasteiger partial charge in [-0.25, -0.2) is 0 Å². The van der Waals surface area contributed by atoms with Crippen molar-refractivity contribution in [1.82, 2.24) is 9.80 Å². The number of hydrogen-bond donors (Lipinski definition) is 1. The topological polar surface area (TPSA) is 26.7 Å². The van der Waals surface area contributed by atoms with Crippen LogP contribution in [0.5, 0.6) is 0 Å². The summed E-state index contributed by atoms with van der Waals surface area (Å²) >= 11 is 1.75. The molecular weight excluding hydrogens is 316 g/mol. The molecule has 1 N–H and O–H groups in total. The third-order valence-electron chi connectivity index (χ3n) is 4.43. The van der Waals surface area contributed by atoms with Crippen molar-refractivity contribution in [2.75, 3.05) is 32.8 Å². The van der Waals surface area contributed by atoms with Gasteiger partial charge in [-0.3, -0.25) is 9.80 Å². The predicted octanol–water partition coefficient (Wildman–Crippen LogP) is 2.67. The first-order valence-corrected chi connectivity index (χ1v) is 9.41. The second-order valence-electron chi connectivity index (χ2n) is 6.17. The molecule has 1 aliphatic rings. The molecule has 2 heterocycles. The van der Waals surface area contributed by atoms with Gasteiger partial charge in [-0.05, 0) is 40.9 Å². The summed E-state index contributed by atoms with van der Waals surface area (Å²) in [6, 6.07) is 12.7. The molecule has 0 saturated carbocycles. The van der Waals surface area contributed by atoms with Crippen molar-refractivity contribution in [3.8, 4) is 11.8 Å². The predicted molar refractivity (Wildman–Crippen MR) is 100.0 cm³/mol. The molecule has 24 heavy (non-hydrogen) atoms. The van der Waals surface area contributed by atoms with Crippen molar-refractivity contribution in [3.63, 3.8) is 0 Å². The Morgan fingerprint density at radius 1 is 1.17 bits per heavy atom. The minimum absolute atomic E-state index is 0.244. The fraction of sp³-hybridized carbons (Fsp3) is 0.400. The SMILES string of the molecule is OCC[C@H]1CN(CC#Cc2ccccc2)CCN1Cc1ccsc1. The third kappa shape index (κ3) is 4.93. The van der Waals surface area contributed by atoms with Gasteiger partial charge in [0.05, 0.1) is 6.54 Å². The van der Waals surface area contributed by atoms with Gasteiger partial charge < -0.3 is 5.11 Å². The van der Waals surface area contributed by atoms with Crippen LogP contribution in [0.15, 0.2) is 47.2 Å². The summed E-state index contributed by atoms with van der Waals surface area (Å²) in [6.07, 6.45) is 0.826. The van der Waals surface area contributed by atoms with Crippen LogP contribution in [-0.2, 0) is 6.54 Å². The first-order valence-electron chi connectivity index (χ1n) is 8.47. The van der Waals surface area contributed by atoms with Gasteiger partial charge in [0.15, 0.2) is 0 Å². The van der Waals surface area contributed by atoms with E-state index in [0.29, 0.717) is 6.04 Å². The van der Waals surface area contributed by atoms with Crippen molar-refractivity contribution in [3.05, 3.63) is 58.3 Å². The van der Waals surface area contributed by atoms with Gasteiger partial charge in [0.1, 0.15) is 0 Å². The van der Waals surface area contributed by atoms with Crippen molar-refractivity contribution in [1.29, 1.82) is 0 Å². The van der Waals surface area contributed by atoms with Crippen LogP contribution in [0.3, 0.4) is 0 Å². The highest BCUT2D eigenvalue weighted by Gasteiger charge is 2.26. The smallest absolute Gasteiger partial charge is 0.0606 e. The number of aliphatic hydroxyl groups excluding tert-OH is 1. The largest absolute Gasteiger partial charge is 0.396 e. The Balaban J connectivity index is 1.55. The Morgan fingerprint density at radius 3 is 2.79 bits per heavy atom. The minimum atomic E-state index is 0.244. The van der Waals surface area contributed by atoms with Crippen molar-refractivity contribution < 1.29 is 5.11 Å². The lowest BCUT2D eigenvalue weighted by atomic mass is 10.1. The second-order valence-corrected chi connectivity index (χ2v) is 6.95. The molecule has 1 aliphatic heterocycles. The molecule has 1 aromatic heterocycles.